The van der Waals surface area contributed by atoms with Gasteiger partial charge in [-0.25, -0.2) is 0 Å². The second-order valence-corrected chi connectivity index (χ2v) is 3.89. The molecule has 0 atom stereocenters. The fourth-order valence-electron chi connectivity index (χ4n) is 1.01. The maximum atomic E-state index is 5.95. The maximum absolute atomic E-state index is 5.95. The summed E-state index contributed by atoms with van der Waals surface area (Å²) in [6.45, 7) is 3.48. The number of aliphatic imine (C=N–C) groups is 1. The molecule has 0 spiro atoms. The number of hydrogen-bond acceptors (Lipinski definition) is 4. The number of methoxy groups -OCH3 is 1. The Morgan fingerprint density at radius 1 is 1.64 bits per heavy atom. The zero-order chi connectivity index (χ0) is 10.6. The lowest BCUT2D eigenvalue weighted by atomic mass is 10.3. The largest absolute Gasteiger partial charge is 0.495 e. The van der Waals surface area contributed by atoms with Gasteiger partial charge in [-0.1, -0.05) is 11.6 Å². The van der Waals surface area contributed by atoms with E-state index in [1.807, 2.05) is 0 Å². The maximum Gasteiger partial charge on any atom is 0.139 e. The molecule has 0 aliphatic heterocycles. The molecule has 0 saturated carbocycles. The van der Waals surface area contributed by atoms with Gasteiger partial charge in [0.25, 0.3) is 0 Å². The molecule has 0 saturated heterocycles. The quantitative estimate of drug-likeness (QED) is 0.492. The van der Waals surface area contributed by atoms with E-state index in [1.54, 1.807) is 19.2 Å². The molecular weight excluding hydrogens is 220 g/mol. The van der Waals surface area contributed by atoms with Crippen LogP contribution in [0.15, 0.2) is 22.0 Å². The second-order valence-electron chi connectivity index (χ2n) is 2.42. The number of rotatable bonds is 4. The van der Waals surface area contributed by atoms with Crippen LogP contribution in [0.25, 0.3) is 0 Å². The van der Waals surface area contributed by atoms with Crippen LogP contribution in [0.5, 0.6) is 5.75 Å². The Morgan fingerprint density at radius 2 is 2.36 bits per heavy atom. The average Bonchev–Trinajstić information content (AvgIpc) is 2.19. The molecule has 0 radical (unpaired) electrons. The molecule has 0 bridgehead atoms. The summed E-state index contributed by atoms with van der Waals surface area (Å²) in [5.41, 5.74) is 6.17. The monoisotopic (exact) mass is 230 g/mol. The smallest absolute Gasteiger partial charge is 0.139 e. The minimum Gasteiger partial charge on any atom is -0.495 e. The zero-order valence-electron chi connectivity index (χ0n) is 7.79. The number of hydrogen-bond donors (Lipinski definition) is 1. The Bertz CT molecular complexity index is 344. The van der Waals surface area contributed by atoms with Crippen LogP contribution in [0.2, 0.25) is 5.02 Å². The van der Waals surface area contributed by atoms with Gasteiger partial charge in [-0.05, 0) is 12.8 Å². The summed E-state index contributed by atoms with van der Waals surface area (Å²) < 4.78 is 5.06. The predicted octanol–water partition coefficient (Wildman–Crippen LogP) is 2.69. The highest BCUT2D eigenvalue weighted by Crippen LogP contribution is 2.37. The van der Waals surface area contributed by atoms with E-state index in [0.717, 1.165) is 10.6 Å². The van der Waals surface area contributed by atoms with Gasteiger partial charge in [0.2, 0.25) is 0 Å². The van der Waals surface area contributed by atoms with E-state index in [-0.39, 0.29) is 0 Å². The molecule has 0 aliphatic carbocycles. The zero-order valence-corrected chi connectivity index (χ0v) is 9.36. The summed E-state index contributed by atoms with van der Waals surface area (Å²) in [6, 6.07) is 3.52. The first-order valence-corrected chi connectivity index (χ1v) is 5.26. The van der Waals surface area contributed by atoms with Gasteiger partial charge in [-0.2, -0.15) is 0 Å². The fraction of sp³-hybridized carbons (Fsp3) is 0.222. The van der Waals surface area contributed by atoms with E-state index in [4.69, 9.17) is 22.1 Å². The summed E-state index contributed by atoms with van der Waals surface area (Å²) >= 11 is 7.42. The molecule has 3 nitrogen and oxygen atoms in total. The SMILES string of the molecule is C=Nc1cc(OC)c(Cl)cc1SCN. The van der Waals surface area contributed by atoms with Crippen LogP contribution in [-0.4, -0.2) is 19.7 Å². The van der Waals surface area contributed by atoms with Gasteiger partial charge >= 0.3 is 0 Å². The standard InChI is InChI=1S/C9H11ClN2OS/c1-12-7-4-8(13-2)6(10)3-9(7)14-5-11/h3-4H,1,5,11H2,2H3. The van der Waals surface area contributed by atoms with Gasteiger partial charge in [0.15, 0.2) is 0 Å². The molecule has 1 rings (SSSR count). The minimum atomic E-state index is 0.477. The van der Waals surface area contributed by atoms with Crippen LogP contribution < -0.4 is 10.5 Å². The first kappa shape index (κ1) is 11.4. The van der Waals surface area contributed by atoms with Crippen molar-refractivity contribution >= 4 is 35.8 Å². The summed E-state index contributed by atoms with van der Waals surface area (Å²) in [6.07, 6.45) is 0. The Balaban J connectivity index is 3.16. The van der Waals surface area contributed by atoms with Crippen molar-refractivity contribution in [3.05, 3.63) is 17.2 Å². The second kappa shape index (κ2) is 5.24. The molecule has 0 aliphatic rings. The molecule has 14 heavy (non-hydrogen) atoms. The van der Waals surface area contributed by atoms with E-state index in [2.05, 4.69) is 11.7 Å². The summed E-state index contributed by atoms with van der Waals surface area (Å²) in [4.78, 5) is 4.78. The lowest BCUT2D eigenvalue weighted by Gasteiger charge is -2.08. The lowest BCUT2D eigenvalue weighted by Crippen LogP contribution is -1.92. The summed E-state index contributed by atoms with van der Waals surface area (Å²) in [5.74, 6) is 1.07. The highest BCUT2D eigenvalue weighted by Gasteiger charge is 2.07. The molecule has 5 heteroatoms. The Morgan fingerprint density at radius 3 is 2.86 bits per heavy atom. The van der Waals surface area contributed by atoms with E-state index in [9.17, 15) is 0 Å². The molecule has 0 aromatic heterocycles. The molecule has 1 aromatic carbocycles. The average molecular weight is 231 g/mol. The third-order valence-electron chi connectivity index (χ3n) is 1.64. The van der Waals surface area contributed by atoms with E-state index in [0.29, 0.717) is 16.6 Å². The van der Waals surface area contributed by atoms with Crippen molar-refractivity contribution in [2.45, 2.75) is 4.90 Å². The molecule has 0 fully saturated rings. The summed E-state index contributed by atoms with van der Waals surface area (Å²) in [5, 5.41) is 0.552. The van der Waals surface area contributed by atoms with Gasteiger partial charge in [0, 0.05) is 16.8 Å². The topological polar surface area (TPSA) is 47.6 Å². The van der Waals surface area contributed by atoms with Crippen molar-refractivity contribution in [2.24, 2.45) is 10.7 Å². The van der Waals surface area contributed by atoms with Crippen LogP contribution in [0, 0.1) is 0 Å². The summed E-state index contributed by atoms with van der Waals surface area (Å²) in [7, 11) is 1.56. The number of thioether (sulfide) groups is 1. The predicted molar refractivity (Wildman–Crippen MR) is 62.1 cm³/mol. The molecule has 0 heterocycles. The van der Waals surface area contributed by atoms with Crippen LogP contribution in [0.4, 0.5) is 5.69 Å². The molecule has 2 N–H and O–H groups in total. The lowest BCUT2D eigenvalue weighted by molar-refractivity contribution is 0.415. The molecule has 1 aromatic rings. The van der Waals surface area contributed by atoms with Gasteiger partial charge in [0.05, 0.1) is 17.8 Å². The Kier molecular flexibility index (Phi) is 4.25. The number of benzene rings is 1. The van der Waals surface area contributed by atoms with Crippen LogP contribution in [-0.2, 0) is 0 Å². The van der Waals surface area contributed by atoms with E-state index in [1.165, 1.54) is 11.8 Å². The van der Waals surface area contributed by atoms with Crippen LogP contribution in [0.3, 0.4) is 0 Å². The van der Waals surface area contributed by atoms with Gasteiger partial charge < -0.3 is 10.5 Å². The van der Waals surface area contributed by atoms with Crippen molar-refractivity contribution in [3.8, 4) is 5.75 Å². The van der Waals surface area contributed by atoms with Crippen molar-refractivity contribution in [1.82, 2.24) is 0 Å². The number of nitrogens with two attached hydrogens (primary N) is 1. The fourth-order valence-corrected chi connectivity index (χ4v) is 1.97. The van der Waals surface area contributed by atoms with Crippen molar-refractivity contribution in [1.29, 1.82) is 0 Å². The van der Waals surface area contributed by atoms with E-state index >= 15 is 0 Å². The molecule has 0 unspecified atom stereocenters. The van der Waals surface area contributed by atoms with Crippen molar-refractivity contribution in [3.63, 3.8) is 0 Å². The Labute approximate surface area is 92.3 Å². The van der Waals surface area contributed by atoms with Gasteiger partial charge in [0.1, 0.15) is 5.75 Å². The normalized spacial score (nSPS) is 9.93. The number of halogens is 1. The first-order chi connectivity index (χ1) is 6.72. The first-order valence-electron chi connectivity index (χ1n) is 3.90. The van der Waals surface area contributed by atoms with Crippen molar-refractivity contribution < 1.29 is 4.74 Å². The highest BCUT2D eigenvalue weighted by molar-refractivity contribution is 7.99. The third-order valence-corrected chi connectivity index (χ3v) is 2.74. The molecular formula is C9H11ClN2OS. The van der Waals surface area contributed by atoms with Crippen LogP contribution >= 0.6 is 23.4 Å². The van der Waals surface area contributed by atoms with Crippen LogP contribution in [0.1, 0.15) is 0 Å². The molecule has 76 valence electrons. The number of ether oxygens (including phenoxy) is 1. The Hall–Kier alpha value is -0.710. The van der Waals surface area contributed by atoms with Gasteiger partial charge in [-0.3, -0.25) is 4.99 Å². The van der Waals surface area contributed by atoms with Gasteiger partial charge in [-0.15, -0.1) is 11.8 Å². The highest BCUT2D eigenvalue weighted by atomic mass is 35.5. The van der Waals surface area contributed by atoms with E-state index < -0.39 is 0 Å². The minimum absolute atomic E-state index is 0.477. The molecule has 0 amide bonds. The number of nitrogens with zero attached hydrogens (tertiary/aromatic N) is 1. The third kappa shape index (κ3) is 2.41. The van der Waals surface area contributed by atoms with Crippen molar-refractivity contribution in [2.75, 3.05) is 13.0 Å².